The Balaban J connectivity index is 2.86. The van der Waals surface area contributed by atoms with Crippen LogP contribution in [-0.2, 0) is 22.6 Å². The molecule has 0 spiro atoms. The standard InChI is InChI=1S/C9H13N3O3S/c1-2-6-3-11-9(16-5-8(14)15)12(6)4-7(10)13/h3H,2,4-5H2,1H3,(H2,10,13)(H,14,15). The van der Waals surface area contributed by atoms with Crippen LogP contribution in [0, 0.1) is 0 Å². The number of carboxylic acid groups (broad SMARTS) is 1. The molecule has 0 saturated carbocycles. The number of imidazole rings is 1. The minimum absolute atomic E-state index is 0.0329. The highest BCUT2D eigenvalue weighted by Gasteiger charge is 2.12. The van der Waals surface area contributed by atoms with E-state index in [9.17, 15) is 9.59 Å². The zero-order valence-corrected chi connectivity index (χ0v) is 9.66. The van der Waals surface area contributed by atoms with E-state index < -0.39 is 11.9 Å². The van der Waals surface area contributed by atoms with Gasteiger partial charge in [0.1, 0.15) is 6.54 Å². The van der Waals surface area contributed by atoms with Gasteiger partial charge in [-0.15, -0.1) is 0 Å². The largest absolute Gasteiger partial charge is 0.481 e. The van der Waals surface area contributed by atoms with Gasteiger partial charge in [-0.25, -0.2) is 4.98 Å². The Kier molecular flexibility index (Phi) is 4.36. The Bertz CT molecular complexity index is 403. The Hall–Kier alpha value is -1.50. The molecule has 1 rings (SSSR count). The number of thioether (sulfide) groups is 1. The van der Waals surface area contributed by atoms with E-state index in [0.29, 0.717) is 11.6 Å². The molecule has 0 aliphatic heterocycles. The van der Waals surface area contributed by atoms with Crippen molar-refractivity contribution in [2.75, 3.05) is 5.75 Å². The van der Waals surface area contributed by atoms with E-state index in [4.69, 9.17) is 10.8 Å². The number of carboxylic acids is 1. The number of aryl methyl sites for hydroxylation is 1. The van der Waals surface area contributed by atoms with Crippen molar-refractivity contribution in [3.8, 4) is 0 Å². The number of rotatable bonds is 6. The summed E-state index contributed by atoms with van der Waals surface area (Å²) in [6.45, 7) is 1.96. The third-order valence-electron chi connectivity index (χ3n) is 1.90. The van der Waals surface area contributed by atoms with E-state index in [1.807, 2.05) is 6.92 Å². The van der Waals surface area contributed by atoms with E-state index >= 15 is 0 Å². The van der Waals surface area contributed by atoms with Crippen molar-refractivity contribution in [3.63, 3.8) is 0 Å². The van der Waals surface area contributed by atoms with Crippen LogP contribution in [0.4, 0.5) is 0 Å². The molecule has 0 saturated heterocycles. The SMILES string of the molecule is CCc1cnc(SCC(=O)O)n1CC(N)=O. The lowest BCUT2D eigenvalue weighted by Crippen LogP contribution is -2.20. The van der Waals surface area contributed by atoms with Crippen LogP contribution in [0.25, 0.3) is 0 Å². The van der Waals surface area contributed by atoms with Crippen molar-refractivity contribution in [2.45, 2.75) is 25.0 Å². The van der Waals surface area contributed by atoms with Crippen LogP contribution in [0.15, 0.2) is 11.4 Å². The van der Waals surface area contributed by atoms with Gasteiger partial charge >= 0.3 is 5.97 Å². The predicted molar refractivity (Wildman–Crippen MR) is 59.2 cm³/mol. The number of hydrogen-bond acceptors (Lipinski definition) is 4. The molecule has 0 bridgehead atoms. The summed E-state index contributed by atoms with van der Waals surface area (Å²) >= 11 is 1.08. The van der Waals surface area contributed by atoms with Gasteiger partial charge in [-0.2, -0.15) is 0 Å². The summed E-state index contributed by atoms with van der Waals surface area (Å²) in [5, 5.41) is 9.07. The molecule has 0 aromatic carbocycles. The van der Waals surface area contributed by atoms with Crippen molar-refractivity contribution in [1.82, 2.24) is 9.55 Å². The van der Waals surface area contributed by atoms with Gasteiger partial charge in [0.05, 0.1) is 5.75 Å². The summed E-state index contributed by atoms with van der Waals surface area (Å²) in [6.07, 6.45) is 2.35. The van der Waals surface area contributed by atoms with Gasteiger partial charge in [0.25, 0.3) is 0 Å². The molecule has 0 aliphatic rings. The Morgan fingerprint density at radius 3 is 2.81 bits per heavy atom. The summed E-state index contributed by atoms with van der Waals surface area (Å²) in [5.41, 5.74) is 5.99. The fraction of sp³-hybridized carbons (Fsp3) is 0.444. The first-order valence-corrected chi connectivity index (χ1v) is 5.70. The quantitative estimate of drug-likeness (QED) is 0.691. The first-order chi connectivity index (χ1) is 7.54. The summed E-state index contributed by atoms with van der Waals surface area (Å²) in [5.74, 6) is -1.47. The minimum atomic E-state index is -0.920. The topological polar surface area (TPSA) is 98.2 Å². The minimum Gasteiger partial charge on any atom is -0.481 e. The van der Waals surface area contributed by atoms with Crippen LogP contribution < -0.4 is 5.73 Å². The van der Waals surface area contributed by atoms with E-state index in [1.165, 1.54) is 0 Å². The van der Waals surface area contributed by atoms with Gasteiger partial charge in [0.2, 0.25) is 5.91 Å². The zero-order chi connectivity index (χ0) is 12.1. The van der Waals surface area contributed by atoms with E-state index in [-0.39, 0.29) is 12.3 Å². The molecule has 0 atom stereocenters. The number of nitrogens with zero attached hydrogens (tertiary/aromatic N) is 2. The maximum absolute atomic E-state index is 10.9. The van der Waals surface area contributed by atoms with Crippen molar-refractivity contribution in [1.29, 1.82) is 0 Å². The van der Waals surface area contributed by atoms with E-state index in [1.54, 1.807) is 10.8 Å². The monoisotopic (exact) mass is 243 g/mol. The molecule has 16 heavy (non-hydrogen) atoms. The number of carbonyl (C=O) groups excluding carboxylic acids is 1. The first-order valence-electron chi connectivity index (χ1n) is 4.72. The molecule has 1 aromatic heterocycles. The molecule has 1 aromatic rings. The summed E-state index contributed by atoms with van der Waals surface area (Å²) < 4.78 is 1.65. The molecule has 1 heterocycles. The van der Waals surface area contributed by atoms with Gasteiger partial charge in [0.15, 0.2) is 5.16 Å². The van der Waals surface area contributed by atoms with Crippen molar-refractivity contribution in [2.24, 2.45) is 5.73 Å². The molecule has 3 N–H and O–H groups in total. The van der Waals surface area contributed by atoms with Crippen molar-refractivity contribution in [3.05, 3.63) is 11.9 Å². The van der Waals surface area contributed by atoms with Crippen LogP contribution in [0.1, 0.15) is 12.6 Å². The van der Waals surface area contributed by atoms with Gasteiger partial charge < -0.3 is 15.4 Å². The molecule has 7 heteroatoms. The molecule has 0 radical (unpaired) electrons. The summed E-state index contributed by atoms with van der Waals surface area (Å²) in [4.78, 5) is 25.4. The summed E-state index contributed by atoms with van der Waals surface area (Å²) in [6, 6.07) is 0. The van der Waals surface area contributed by atoms with E-state index in [0.717, 1.165) is 17.5 Å². The lowest BCUT2D eigenvalue weighted by atomic mass is 10.3. The van der Waals surface area contributed by atoms with Crippen molar-refractivity contribution >= 4 is 23.6 Å². The first kappa shape index (κ1) is 12.6. The number of nitrogens with two attached hydrogens (primary N) is 1. The molecule has 0 unspecified atom stereocenters. The fourth-order valence-corrected chi connectivity index (χ4v) is 1.96. The molecule has 1 amide bonds. The maximum Gasteiger partial charge on any atom is 0.313 e. The van der Waals surface area contributed by atoms with Crippen molar-refractivity contribution < 1.29 is 14.7 Å². The number of aliphatic carboxylic acids is 1. The van der Waals surface area contributed by atoms with Gasteiger partial charge in [-0.05, 0) is 6.42 Å². The second kappa shape index (κ2) is 5.55. The molecular formula is C9H13N3O3S. The van der Waals surface area contributed by atoms with Gasteiger partial charge in [-0.3, -0.25) is 9.59 Å². The molecule has 0 aliphatic carbocycles. The second-order valence-corrected chi connectivity index (χ2v) is 4.06. The molecule has 0 fully saturated rings. The normalized spacial score (nSPS) is 10.3. The second-order valence-electron chi connectivity index (χ2n) is 3.12. The average molecular weight is 243 g/mol. The fourth-order valence-electron chi connectivity index (χ4n) is 1.24. The Labute approximate surface area is 96.8 Å². The number of aromatic nitrogens is 2. The molecule has 6 nitrogen and oxygen atoms in total. The van der Waals surface area contributed by atoms with Crippen LogP contribution in [0.5, 0.6) is 0 Å². The zero-order valence-electron chi connectivity index (χ0n) is 8.84. The third-order valence-corrected chi connectivity index (χ3v) is 2.88. The van der Waals surface area contributed by atoms with Gasteiger partial charge in [0, 0.05) is 11.9 Å². The Morgan fingerprint density at radius 2 is 2.31 bits per heavy atom. The highest BCUT2D eigenvalue weighted by atomic mass is 32.2. The average Bonchev–Trinajstić information content (AvgIpc) is 2.56. The highest BCUT2D eigenvalue weighted by Crippen LogP contribution is 2.18. The van der Waals surface area contributed by atoms with Gasteiger partial charge in [-0.1, -0.05) is 18.7 Å². The number of primary amides is 1. The summed E-state index contributed by atoms with van der Waals surface area (Å²) in [7, 11) is 0. The van der Waals surface area contributed by atoms with E-state index in [2.05, 4.69) is 4.98 Å². The smallest absolute Gasteiger partial charge is 0.313 e. The number of hydrogen-bond donors (Lipinski definition) is 2. The highest BCUT2D eigenvalue weighted by molar-refractivity contribution is 7.99. The lowest BCUT2D eigenvalue weighted by Gasteiger charge is -2.07. The molecular weight excluding hydrogens is 230 g/mol. The lowest BCUT2D eigenvalue weighted by molar-refractivity contribution is -0.133. The number of amides is 1. The predicted octanol–water partition coefficient (Wildman–Crippen LogP) is 0.108. The maximum atomic E-state index is 10.9. The van der Waals surface area contributed by atoms with Crippen LogP contribution in [0.3, 0.4) is 0 Å². The third kappa shape index (κ3) is 3.27. The van der Waals surface area contributed by atoms with Crippen LogP contribution in [0.2, 0.25) is 0 Å². The van der Waals surface area contributed by atoms with Crippen LogP contribution >= 0.6 is 11.8 Å². The van der Waals surface area contributed by atoms with Crippen LogP contribution in [-0.4, -0.2) is 32.3 Å². The number of carbonyl (C=O) groups is 2. The Morgan fingerprint density at radius 1 is 1.62 bits per heavy atom. The molecule has 88 valence electrons.